The molecule has 7 heteroatoms. The number of hydrogen-bond acceptors (Lipinski definition) is 5. The summed E-state index contributed by atoms with van der Waals surface area (Å²) in [6, 6.07) is 5.21. The molecule has 1 aromatic rings. The first kappa shape index (κ1) is 13.8. The highest BCUT2D eigenvalue weighted by Gasteiger charge is 2.24. The zero-order valence-electron chi connectivity index (χ0n) is 11.7. The number of likely N-dealkylation sites (N-methyl/N-ethyl adjacent to an activating group) is 1. The van der Waals surface area contributed by atoms with Crippen LogP contribution >= 0.6 is 0 Å². The lowest BCUT2D eigenvalue weighted by molar-refractivity contribution is -0.128. The number of anilines is 2. The highest BCUT2D eigenvalue weighted by atomic mass is 16.5. The van der Waals surface area contributed by atoms with Gasteiger partial charge in [-0.15, -0.1) is 0 Å². The summed E-state index contributed by atoms with van der Waals surface area (Å²) in [5.74, 6) is 0.310. The van der Waals surface area contributed by atoms with E-state index in [9.17, 15) is 9.59 Å². The minimum atomic E-state index is -0.495. The highest BCUT2D eigenvalue weighted by molar-refractivity contribution is 5.99. The summed E-state index contributed by atoms with van der Waals surface area (Å²) in [6.45, 7) is 1.81. The monoisotopic (exact) mass is 291 g/mol. The van der Waals surface area contributed by atoms with E-state index in [0.717, 1.165) is 6.54 Å². The number of ether oxygens (including phenoxy) is 2. The molecule has 0 aromatic heterocycles. The summed E-state index contributed by atoms with van der Waals surface area (Å²) in [6.07, 6.45) is -0.495. The van der Waals surface area contributed by atoms with E-state index in [4.69, 9.17) is 9.47 Å². The van der Waals surface area contributed by atoms with Crippen LogP contribution in [0.1, 0.15) is 0 Å². The number of amides is 2. The third-order valence-corrected chi connectivity index (χ3v) is 3.53. The number of morpholine rings is 1. The Morgan fingerprint density at radius 2 is 2.33 bits per heavy atom. The first-order valence-electron chi connectivity index (χ1n) is 6.82. The van der Waals surface area contributed by atoms with Crippen LogP contribution in [0.2, 0.25) is 0 Å². The molecule has 2 aliphatic rings. The van der Waals surface area contributed by atoms with Crippen LogP contribution in [0.15, 0.2) is 18.2 Å². The first-order chi connectivity index (χ1) is 10.1. The number of carbonyl (C=O) groups excluding carboxylic acids is 2. The molecule has 1 atom stereocenters. The average molecular weight is 291 g/mol. The zero-order chi connectivity index (χ0) is 14.8. The molecule has 0 aliphatic carbocycles. The fourth-order valence-electron chi connectivity index (χ4n) is 2.31. The molecule has 0 radical (unpaired) electrons. The van der Waals surface area contributed by atoms with Gasteiger partial charge in [-0.3, -0.25) is 9.59 Å². The Labute approximate surface area is 122 Å². The molecule has 2 amide bonds. The van der Waals surface area contributed by atoms with Gasteiger partial charge in [-0.25, -0.2) is 0 Å². The number of rotatable bonds is 2. The molecule has 2 aliphatic heterocycles. The Morgan fingerprint density at radius 1 is 1.48 bits per heavy atom. The van der Waals surface area contributed by atoms with Crippen LogP contribution in [0, 0.1) is 0 Å². The molecular weight excluding hydrogens is 274 g/mol. The van der Waals surface area contributed by atoms with E-state index in [1.807, 2.05) is 0 Å². The van der Waals surface area contributed by atoms with Crippen molar-refractivity contribution in [2.45, 2.75) is 6.10 Å². The average Bonchev–Trinajstić information content (AvgIpc) is 2.52. The molecule has 21 heavy (non-hydrogen) atoms. The molecule has 2 heterocycles. The second-order valence-corrected chi connectivity index (χ2v) is 4.98. The van der Waals surface area contributed by atoms with Crippen molar-refractivity contribution in [3.63, 3.8) is 0 Å². The highest BCUT2D eigenvalue weighted by Crippen LogP contribution is 2.33. The van der Waals surface area contributed by atoms with Crippen LogP contribution in [-0.4, -0.2) is 51.3 Å². The van der Waals surface area contributed by atoms with Gasteiger partial charge >= 0.3 is 0 Å². The van der Waals surface area contributed by atoms with Crippen LogP contribution in [0.5, 0.6) is 5.75 Å². The standard InChI is InChI=1S/C14H17N3O4/c1-17-10-6-9(2-3-11(10)21-8-13(17)18)16-14(19)12-7-15-4-5-20-12/h2-3,6,12,15H,4-5,7-8H2,1H3,(H,16,19). The zero-order valence-corrected chi connectivity index (χ0v) is 11.7. The SMILES string of the molecule is CN1C(=O)COc2ccc(NC(=O)C3CNCCO3)cc21. The third-order valence-electron chi connectivity index (χ3n) is 3.53. The lowest BCUT2D eigenvalue weighted by Crippen LogP contribution is -2.45. The Kier molecular flexibility index (Phi) is 3.76. The maximum absolute atomic E-state index is 12.1. The van der Waals surface area contributed by atoms with Crippen molar-refractivity contribution in [2.75, 3.05) is 43.6 Å². The van der Waals surface area contributed by atoms with Gasteiger partial charge in [-0.2, -0.15) is 0 Å². The van der Waals surface area contributed by atoms with Crippen LogP contribution in [0.3, 0.4) is 0 Å². The minimum Gasteiger partial charge on any atom is -0.482 e. The second kappa shape index (κ2) is 5.71. The summed E-state index contributed by atoms with van der Waals surface area (Å²) in [5.41, 5.74) is 1.25. The Bertz CT molecular complexity index is 569. The number of hydrogen-bond donors (Lipinski definition) is 2. The molecule has 112 valence electrons. The number of nitrogens with zero attached hydrogens (tertiary/aromatic N) is 1. The Morgan fingerprint density at radius 3 is 3.10 bits per heavy atom. The normalized spacial score (nSPS) is 21.5. The summed E-state index contributed by atoms with van der Waals surface area (Å²) >= 11 is 0. The van der Waals surface area contributed by atoms with E-state index in [1.165, 1.54) is 4.90 Å². The van der Waals surface area contributed by atoms with Gasteiger partial charge in [-0.1, -0.05) is 0 Å². The summed E-state index contributed by atoms with van der Waals surface area (Å²) in [5, 5.41) is 5.91. The summed E-state index contributed by atoms with van der Waals surface area (Å²) < 4.78 is 10.7. The molecule has 1 fully saturated rings. The molecule has 2 N–H and O–H groups in total. The van der Waals surface area contributed by atoms with E-state index in [1.54, 1.807) is 25.2 Å². The summed E-state index contributed by atoms with van der Waals surface area (Å²) in [7, 11) is 1.68. The van der Waals surface area contributed by atoms with Crippen LogP contribution in [-0.2, 0) is 14.3 Å². The predicted molar refractivity (Wildman–Crippen MR) is 76.6 cm³/mol. The van der Waals surface area contributed by atoms with E-state index in [0.29, 0.717) is 30.3 Å². The molecule has 1 aromatic carbocycles. The molecule has 0 saturated carbocycles. The van der Waals surface area contributed by atoms with Gasteiger partial charge in [0.1, 0.15) is 11.9 Å². The number of carbonyl (C=O) groups is 2. The van der Waals surface area contributed by atoms with Crippen molar-refractivity contribution in [2.24, 2.45) is 0 Å². The fourth-order valence-corrected chi connectivity index (χ4v) is 2.31. The molecule has 7 nitrogen and oxygen atoms in total. The molecule has 1 saturated heterocycles. The lowest BCUT2D eigenvalue weighted by atomic mass is 10.2. The first-order valence-corrected chi connectivity index (χ1v) is 6.82. The third kappa shape index (κ3) is 2.84. The molecule has 0 spiro atoms. The van der Waals surface area contributed by atoms with Crippen LogP contribution in [0.4, 0.5) is 11.4 Å². The summed E-state index contributed by atoms with van der Waals surface area (Å²) in [4.78, 5) is 25.2. The van der Waals surface area contributed by atoms with Crippen LogP contribution in [0.25, 0.3) is 0 Å². The topological polar surface area (TPSA) is 79.9 Å². The van der Waals surface area contributed by atoms with Gasteiger partial charge in [0.05, 0.1) is 12.3 Å². The minimum absolute atomic E-state index is 0.0385. The largest absolute Gasteiger partial charge is 0.482 e. The van der Waals surface area contributed by atoms with Crippen molar-refractivity contribution in [3.8, 4) is 5.75 Å². The van der Waals surface area contributed by atoms with Gasteiger partial charge in [0.2, 0.25) is 0 Å². The number of benzene rings is 1. The van der Waals surface area contributed by atoms with Gasteiger partial charge < -0.3 is 25.0 Å². The maximum atomic E-state index is 12.1. The van der Waals surface area contributed by atoms with E-state index in [-0.39, 0.29) is 18.4 Å². The van der Waals surface area contributed by atoms with Crippen molar-refractivity contribution < 1.29 is 19.1 Å². The predicted octanol–water partition coefficient (Wildman–Crippen LogP) is -0.0313. The van der Waals surface area contributed by atoms with Gasteiger partial charge in [-0.05, 0) is 18.2 Å². The Hall–Kier alpha value is -2.12. The molecule has 1 unspecified atom stereocenters. The van der Waals surface area contributed by atoms with E-state index < -0.39 is 6.10 Å². The second-order valence-electron chi connectivity index (χ2n) is 4.98. The molecule has 0 bridgehead atoms. The van der Waals surface area contributed by atoms with Crippen molar-refractivity contribution >= 4 is 23.2 Å². The van der Waals surface area contributed by atoms with Gasteiger partial charge in [0.25, 0.3) is 11.8 Å². The lowest BCUT2D eigenvalue weighted by Gasteiger charge is -2.27. The van der Waals surface area contributed by atoms with Crippen molar-refractivity contribution in [1.82, 2.24) is 5.32 Å². The Balaban J connectivity index is 1.74. The van der Waals surface area contributed by atoms with Gasteiger partial charge in [0, 0.05) is 25.8 Å². The van der Waals surface area contributed by atoms with E-state index >= 15 is 0 Å². The van der Waals surface area contributed by atoms with Crippen molar-refractivity contribution in [3.05, 3.63) is 18.2 Å². The quantitative estimate of drug-likeness (QED) is 0.800. The number of fused-ring (bicyclic) bond motifs is 1. The molecular formula is C14H17N3O4. The van der Waals surface area contributed by atoms with Crippen molar-refractivity contribution in [1.29, 1.82) is 0 Å². The van der Waals surface area contributed by atoms with Gasteiger partial charge in [0.15, 0.2) is 6.61 Å². The fraction of sp³-hybridized carbons (Fsp3) is 0.429. The number of nitrogens with one attached hydrogen (secondary N) is 2. The smallest absolute Gasteiger partial charge is 0.264 e. The maximum Gasteiger partial charge on any atom is 0.264 e. The molecule has 3 rings (SSSR count). The van der Waals surface area contributed by atoms with E-state index in [2.05, 4.69) is 10.6 Å². The van der Waals surface area contributed by atoms with Crippen LogP contribution < -0.4 is 20.3 Å².